The number of benzene rings is 2. The van der Waals surface area contributed by atoms with Crippen LogP contribution in [0.25, 0.3) is 0 Å². The number of carbonyl (C=O) groups excluding carboxylic acids is 1. The zero-order chi connectivity index (χ0) is 15.9. The number of allylic oxidation sites excluding steroid dienone is 1. The van der Waals surface area contributed by atoms with Gasteiger partial charge in [-0.2, -0.15) is 0 Å². The van der Waals surface area contributed by atoms with Crippen LogP contribution in [0.2, 0.25) is 0 Å². The third-order valence-corrected chi connectivity index (χ3v) is 3.53. The van der Waals surface area contributed by atoms with Gasteiger partial charge in [-0.25, -0.2) is 0 Å². The molecule has 0 aliphatic heterocycles. The second-order valence-corrected chi connectivity index (χ2v) is 5.33. The maximum absolute atomic E-state index is 12.1. The Hall–Kier alpha value is -2.27. The second-order valence-electron chi connectivity index (χ2n) is 4.42. The van der Waals surface area contributed by atoms with Crippen molar-refractivity contribution in [2.75, 3.05) is 19.5 Å². The smallest absolute Gasteiger partial charge is 0.187 e. The van der Waals surface area contributed by atoms with Gasteiger partial charge < -0.3 is 14.8 Å². The van der Waals surface area contributed by atoms with Crippen molar-refractivity contribution >= 4 is 27.4 Å². The second kappa shape index (κ2) is 7.66. The Labute approximate surface area is 137 Å². The number of carbonyl (C=O) groups is 1. The standard InChI is InChI=1S/C17H16BrNO3/c1-21-16-8-3-12(11-17(16)22-2)15(20)9-10-19-14-6-4-13(18)5-7-14/h3-11,19H,1-2H3. The summed E-state index contributed by atoms with van der Waals surface area (Å²) in [5.41, 5.74) is 1.44. The van der Waals surface area contributed by atoms with Crippen molar-refractivity contribution in [2.45, 2.75) is 0 Å². The maximum atomic E-state index is 12.1. The molecule has 0 heterocycles. The molecule has 0 aliphatic rings. The van der Waals surface area contributed by atoms with Gasteiger partial charge in [0.25, 0.3) is 0 Å². The van der Waals surface area contributed by atoms with Gasteiger partial charge in [0.2, 0.25) is 0 Å². The summed E-state index contributed by atoms with van der Waals surface area (Å²) in [5.74, 6) is 1.00. The van der Waals surface area contributed by atoms with E-state index in [0.29, 0.717) is 17.1 Å². The molecule has 0 amide bonds. The largest absolute Gasteiger partial charge is 0.493 e. The molecule has 2 rings (SSSR count). The number of anilines is 1. The number of ether oxygens (including phenoxy) is 2. The van der Waals surface area contributed by atoms with Crippen molar-refractivity contribution in [3.63, 3.8) is 0 Å². The van der Waals surface area contributed by atoms with Crippen LogP contribution in [0.4, 0.5) is 5.69 Å². The lowest BCUT2D eigenvalue weighted by Gasteiger charge is -2.08. The minimum absolute atomic E-state index is 0.120. The van der Waals surface area contributed by atoms with Gasteiger partial charge in [-0.05, 0) is 42.5 Å². The van der Waals surface area contributed by atoms with E-state index in [2.05, 4.69) is 21.2 Å². The number of hydrogen-bond donors (Lipinski definition) is 1. The van der Waals surface area contributed by atoms with Gasteiger partial charge in [0.1, 0.15) is 0 Å². The van der Waals surface area contributed by atoms with Crippen molar-refractivity contribution in [3.8, 4) is 11.5 Å². The van der Waals surface area contributed by atoms with Gasteiger partial charge in [0.05, 0.1) is 14.2 Å². The van der Waals surface area contributed by atoms with Crippen LogP contribution < -0.4 is 14.8 Å². The van der Waals surface area contributed by atoms with Crippen molar-refractivity contribution in [3.05, 3.63) is 64.8 Å². The number of methoxy groups -OCH3 is 2. The van der Waals surface area contributed by atoms with Crippen LogP contribution in [0.3, 0.4) is 0 Å². The van der Waals surface area contributed by atoms with Crippen molar-refractivity contribution in [1.82, 2.24) is 0 Å². The fraction of sp³-hybridized carbons (Fsp3) is 0.118. The maximum Gasteiger partial charge on any atom is 0.187 e. The molecule has 0 spiro atoms. The molecule has 0 aliphatic carbocycles. The Morgan fingerprint density at radius 3 is 2.36 bits per heavy atom. The molecule has 0 aromatic heterocycles. The Bertz CT molecular complexity index is 681. The van der Waals surface area contributed by atoms with Crippen molar-refractivity contribution in [2.24, 2.45) is 0 Å². The fourth-order valence-corrected chi connectivity index (χ4v) is 2.11. The first-order chi connectivity index (χ1) is 10.6. The Morgan fingerprint density at radius 1 is 1.05 bits per heavy atom. The number of nitrogens with one attached hydrogen (secondary N) is 1. The van der Waals surface area contributed by atoms with Gasteiger partial charge in [0.15, 0.2) is 17.3 Å². The average Bonchev–Trinajstić information content (AvgIpc) is 2.55. The fourth-order valence-electron chi connectivity index (χ4n) is 1.85. The lowest BCUT2D eigenvalue weighted by atomic mass is 10.1. The molecule has 114 valence electrons. The highest BCUT2D eigenvalue weighted by molar-refractivity contribution is 9.10. The summed E-state index contributed by atoms with van der Waals surface area (Å²) in [5, 5.41) is 3.05. The zero-order valence-corrected chi connectivity index (χ0v) is 13.9. The molecule has 1 N–H and O–H groups in total. The molecule has 0 unspecified atom stereocenters. The van der Waals surface area contributed by atoms with E-state index in [0.717, 1.165) is 10.2 Å². The van der Waals surface area contributed by atoms with Gasteiger partial charge in [-0.3, -0.25) is 4.79 Å². The van der Waals surface area contributed by atoms with Crippen LogP contribution in [0.5, 0.6) is 11.5 Å². The molecule has 0 atom stereocenters. The van der Waals surface area contributed by atoms with E-state index in [1.54, 1.807) is 31.5 Å². The predicted octanol–water partition coefficient (Wildman–Crippen LogP) is 4.27. The van der Waals surface area contributed by atoms with E-state index in [1.807, 2.05) is 24.3 Å². The number of halogens is 1. The molecule has 0 bridgehead atoms. The topological polar surface area (TPSA) is 47.6 Å². The van der Waals surface area contributed by atoms with E-state index in [-0.39, 0.29) is 5.78 Å². The first kappa shape index (κ1) is 16.1. The minimum Gasteiger partial charge on any atom is -0.493 e. The van der Waals surface area contributed by atoms with Crippen LogP contribution in [0, 0.1) is 0 Å². The Morgan fingerprint density at radius 2 is 1.73 bits per heavy atom. The molecule has 22 heavy (non-hydrogen) atoms. The molecule has 4 nitrogen and oxygen atoms in total. The molecule has 0 saturated heterocycles. The molecule has 0 saturated carbocycles. The van der Waals surface area contributed by atoms with Crippen molar-refractivity contribution < 1.29 is 14.3 Å². The van der Waals surface area contributed by atoms with E-state index < -0.39 is 0 Å². The number of ketones is 1. The molecule has 5 heteroatoms. The summed E-state index contributed by atoms with van der Waals surface area (Å²) in [6.07, 6.45) is 3.09. The Balaban J connectivity index is 2.05. The molecule has 0 fully saturated rings. The normalized spacial score (nSPS) is 10.5. The monoisotopic (exact) mass is 361 g/mol. The first-order valence-corrected chi connectivity index (χ1v) is 7.38. The van der Waals surface area contributed by atoms with Gasteiger partial charge >= 0.3 is 0 Å². The summed E-state index contributed by atoms with van der Waals surface area (Å²) in [4.78, 5) is 12.1. The summed E-state index contributed by atoms with van der Waals surface area (Å²) >= 11 is 3.37. The number of hydrogen-bond acceptors (Lipinski definition) is 4. The average molecular weight is 362 g/mol. The summed E-state index contributed by atoms with van der Waals surface area (Å²) in [6.45, 7) is 0. The molecular formula is C17H16BrNO3. The van der Waals surface area contributed by atoms with Gasteiger partial charge in [0, 0.05) is 28.0 Å². The quantitative estimate of drug-likeness (QED) is 0.616. The third kappa shape index (κ3) is 4.11. The highest BCUT2D eigenvalue weighted by atomic mass is 79.9. The van der Waals surface area contributed by atoms with Crippen molar-refractivity contribution in [1.29, 1.82) is 0 Å². The number of rotatable bonds is 6. The summed E-state index contributed by atoms with van der Waals surface area (Å²) in [7, 11) is 3.10. The van der Waals surface area contributed by atoms with E-state index in [9.17, 15) is 4.79 Å². The van der Waals surface area contributed by atoms with Crippen LogP contribution in [-0.2, 0) is 0 Å². The molecular weight excluding hydrogens is 346 g/mol. The lowest BCUT2D eigenvalue weighted by Crippen LogP contribution is -1.98. The molecule has 2 aromatic carbocycles. The van der Waals surface area contributed by atoms with Crippen LogP contribution >= 0.6 is 15.9 Å². The van der Waals surface area contributed by atoms with E-state index in [1.165, 1.54) is 13.2 Å². The van der Waals surface area contributed by atoms with Gasteiger partial charge in [-0.1, -0.05) is 15.9 Å². The lowest BCUT2D eigenvalue weighted by molar-refractivity contribution is 0.104. The summed E-state index contributed by atoms with van der Waals surface area (Å²) < 4.78 is 11.3. The Kier molecular flexibility index (Phi) is 5.61. The first-order valence-electron chi connectivity index (χ1n) is 6.59. The highest BCUT2D eigenvalue weighted by Gasteiger charge is 2.08. The van der Waals surface area contributed by atoms with Crippen LogP contribution in [0.1, 0.15) is 10.4 Å². The molecule has 2 aromatic rings. The third-order valence-electron chi connectivity index (χ3n) is 3.00. The minimum atomic E-state index is -0.120. The summed E-state index contributed by atoms with van der Waals surface area (Å²) in [6, 6.07) is 12.7. The predicted molar refractivity (Wildman–Crippen MR) is 90.8 cm³/mol. The van der Waals surface area contributed by atoms with Crippen LogP contribution in [0.15, 0.2) is 59.2 Å². The highest BCUT2D eigenvalue weighted by Crippen LogP contribution is 2.27. The van der Waals surface area contributed by atoms with E-state index >= 15 is 0 Å². The van der Waals surface area contributed by atoms with Crippen LogP contribution in [-0.4, -0.2) is 20.0 Å². The molecule has 0 radical (unpaired) electrons. The van der Waals surface area contributed by atoms with Gasteiger partial charge in [-0.15, -0.1) is 0 Å². The van der Waals surface area contributed by atoms with E-state index in [4.69, 9.17) is 9.47 Å². The SMILES string of the molecule is COc1ccc(C(=O)C=CNc2ccc(Br)cc2)cc1OC. The zero-order valence-electron chi connectivity index (χ0n) is 12.3.